The minimum absolute atomic E-state index is 0.968. The van der Waals surface area contributed by atoms with Crippen molar-refractivity contribution in [3.05, 3.63) is 18.2 Å². The van der Waals surface area contributed by atoms with Crippen molar-refractivity contribution in [3.8, 4) is 0 Å². The van der Waals surface area contributed by atoms with Gasteiger partial charge in [-0.15, -0.1) is 0 Å². The summed E-state index contributed by atoms with van der Waals surface area (Å²) in [7, 11) is 0. The quantitative estimate of drug-likeness (QED) is 0.728. The lowest BCUT2D eigenvalue weighted by Gasteiger charge is -2.05. The van der Waals surface area contributed by atoms with Gasteiger partial charge in [-0.2, -0.15) is 0 Å². The Morgan fingerprint density at radius 2 is 2.33 bits per heavy atom. The van der Waals surface area contributed by atoms with Gasteiger partial charge in [0.15, 0.2) is 0 Å². The number of hydrogen-bond donors (Lipinski definition) is 1. The molecule has 1 radical (unpaired) electrons. The number of nitrogens with one attached hydrogen (secondary N) is 1. The third-order valence-corrected chi connectivity index (χ3v) is 2.77. The molecule has 1 heterocycles. The Morgan fingerprint density at radius 3 is 3.00 bits per heavy atom. The van der Waals surface area contributed by atoms with Gasteiger partial charge < -0.3 is 4.98 Å². The molecule has 1 fully saturated rings. The summed E-state index contributed by atoms with van der Waals surface area (Å²) >= 11 is 0. The van der Waals surface area contributed by atoms with Crippen molar-refractivity contribution in [3.63, 3.8) is 0 Å². The fourth-order valence-electron chi connectivity index (χ4n) is 2.02. The smallest absolute Gasteiger partial charge is 0.106 e. The van der Waals surface area contributed by atoms with Crippen LogP contribution in [-0.2, 0) is 6.42 Å². The molecule has 2 heteroatoms. The number of nitrogens with zero attached hydrogens (tertiary/aromatic N) is 1. The molecule has 0 spiro atoms. The lowest BCUT2D eigenvalue weighted by atomic mass is 10.0. The van der Waals surface area contributed by atoms with Gasteiger partial charge in [0, 0.05) is 6.42 Å². The molecular formula is C10H15N2. The van der Waals surface area contributed by atoms with Crippen LogP contribution in [0.2, 0.25) is 0 Å². The van der Waals surface area contributed by atoms with Gasteiger partial charge in [0.05, 0.1) is 12.4 Å². The summed E-state index contributed by atoms with van der Waals surface area (Å²) in [5, 5.41) is 0. The Morgan fingerprint density at radius 1 is 1.50 bits per heavy atom. The topological polar surface area (TPSA) is 28.7 Å². The van der Waals surface area contributed by atoms with Crippen molar-refractivity contribution in [2.24, 2.45) is 5.92 Å². The molecule has 65 valence electrons. The number of aryl methyl sites for hydroxylation is 1. The summed E-state index contributed by atoms with van der Waals surface area (Å²) in [6.45, 7) is 0. The van der Waals surface area contributed by atoms with Crippen molar-refractivity contribution in [2.75, 3.05) is 0 Å². The highest BCUT2D eigenvalue weighted by Crippen LogP contribution is 2.28. The average Bonchev–Trinajstić information content (AvgIpc) is 2.74. The first-order valence-corrected chi connectivity index (χ1v) is 4.85. The van der Waals surface area contributed by atoms with E-state index < -0.39 is 0 Å². The van der Waals surface area contributed by atoms with Crippen LogP contribution in [0.5, 0.6) is 0 Å². The fourth-order valence-corrected chi connectivity index (χ4v) is 2.02. The first-order chi connectivity index (χ1) is 5.95. The molecule has 0 saturated heterocycles. The van der Waals surface area contributed by atoms with Crippen molar-refractivity contribution >= 4 is 0 Å². The van der Waals surface area contributed by atoms with Crippen LogP contribution >= 0.6 is 0 Å². The number of H-pyrrole nitrogens is 1. The lowest BCUT2D eigenvalue weighted by Crippen LogP contribution is -1.97. The van der Waals surface area contributed by atoms with E-state index in [9.17, 15) is 0 Å². The summed E-state index contributed by atoms with van der Waals surface area (Å²) in [6, 6.07) is 0. The Labute approximate surface area is 73.4 Å². The normalized spacial score (nSPS) is 18.7. The molecule has 2 nitrogen and oxygen atoms in total. The van der Waals surface area contributed by atoms with Crippen LogP contribution in [0, 0.1) is 12.1 Å². The molecule has 2 rings (SSSR count). The minimum Gasteiger partial charge on any atom is -0.341 e. The molecule has 1 aliphatic rings. The summed E-state index contributed by atoms with van der Waals surface area (Å²) in [5.41, 5.74) is 0. The van der Waals surface area contributed by atoms with E-state index in [1.165, 1.54) is 32.1 Å². The molecule has 1 N–H and O–H groups in total. The van der Waals surface area contributed by atoms with Crippen LogP contribution in [0.4, 0.5) is 0 Å². The molecule has 0 bridgehead atoms. The van der Waals surface area contributed by atoms with E-state index in [0.29, 0.717) is 0 Å². The maximum absolute atomic E-state index is 4.17. The first kappa shape index (κ1) is 7.84. The second-order valence-electron chi connectivity index (χ2n) is 3.66. The molecule has 1 saturated carbocycles. The van der Waals surface area contributed by atoms with E-state index in [2.05, 4.69) is 16.2 Å². The van der Waals surface area contributed by atoms with Crippen LogP contribution in [0.3, 0.4) is 0 Å². The van der Waals surface area contributed by atoms with Crippen molar-refractivity contribution < 1.29 is 0 Å². The van der Waals surface area contributed by atoms with Gasteiger partial charge >= 0.3 is 0 Å². The van der Waals surface area contributed by atoms with E-state index in [0.717, 1.165) is 18.2 Å². The Balaban J connectivity index is 1.74. The zero-order valence-electron chi connectivity index (χ0n) is 7.34. The SMILES string of the molecule is [c]1cnc(CCC2CCCC2)[nH]1. The Kier molecular flexibility index (Phi) is 2.45. The number of hydrogen-bond acceptors (Lipinski definition) is 1. The van der Waals surface area contributed by atoms with E-state index in [1.54, 1.807) is 6.20 Å². The van der Waals surface area contributed by atoms with Crippen LogP contribution in [0.1, 0.15) is 37.9 Å². The molecular weight excluding hydrogens is 148 g/mol. The summed E-state index contributed by atoms with van der Waals surface area (Å²) in [6.07, 6.45) is 12.7. The predicted octanol–water partition coefficient (Wildman–Crippen LogP) is 2.33. The number of rotatable bonds is 3. The van der Waals surface area contributed by atoms with Gasteiger partial charge in [-0.25, -0.2) is 4.98 Å². The molecule has 1 aromatic heterocycles. The van der Waals surface area contributed by atoms with Crippen molar-refractivity contribution in [1.82, 2.24) is 9.97 Å². The van der Waals surface area contributed by atoms with Gasteiger partial charge in [-0.1, -0.05) is 25.7 Å². The highest BCUT2D eigenvalue weighted by molar-refractivity contribution is 4.86. The van der Waals surface area contributed by atoms with E-state index >= 15 is 0 Å². The van der Waals surface area contributed by atoms with Crippen LogP contribution in [-0.4, -0.2) is 9.97 Å². The molecule has 0 unspecified atom stereocenters. The summed E-state index contributed by atoms with van der Waals surface area (Å²) in [4.78, 5) is 7.19. The zero-order chi connectivity index (χ0) is 8.23. The van der Waals surface area contributed by atoms with E-state index in [1.807, 2.05) is 0 Å². The van der Waals surface area contributed by atoms with Gasteiger partial charge in [0.25, 0.3) is 0 Å². The third kappa shape index (κ3) is 1.87. The maximum atomic E-state index is 4.17. The second kappa shape index (κ2) is 3.74. The zero-order valence-corrected chi connectivity index (χ0v) is 7.34. The first-order valence-electron chi connectivity index (χ1n) is 4.85. The van der Waals surface area contributed by atoms with Crippen molar-refractivity contribution in [2.45, 2.75) is 38.5 Å². The molecule has 1 aromatic rings. The van der Waals surface area contributed by atoms with Crippen LogP contribution in [0.15, 0.2) is 6.20 Å². The molecule has 0 aromatic carbocycles. The molecule has 0 aliphatic heterocycles. The van der Waals surface area contributed by atoms with Gasteiger partial charge in [-0.3, -0.25) is 0 Å². The van der Waals surface area contributed by atoms with Gasteiger partial charge in [0.1, 0.15) is 5.82 Å². The van der Waals surface area contributed by atoms with Gasteiger partial charge in [0.2, 0.25) is 0 Å². The fraction of sp³-hybridized carbons (Fsp3) is 0.700. The molecule has 0 amide bonds. The highest BCUT2D eigenvalue weighted by Gasteiger charge is 2.14. The summed E-state index contributed by atoms with van der Waals surface area (Å²) < 4.78 is 0. The highest BCUT2D eigenvalue weighted by atomic mass is 14.9. The maximum Gasteiger partial charge on any atom is 0.106 e. The lowest BCUT2D eigenvalue weighted by molar-refractivity contribution is 0.498. The average molecular weight is 163 g/mol. The Bertz CT molecular complexity index is 210. The molecule has 12 heavy (non-hydrogen) atoms. The second-order valence-corrected chi connectivity index (χ2v) is 3.66. The number of aromatic amines is 1. The monoisotopic (exact) mass is 163 g/mol. The van der Waals surface area contributed by atoms with Crippen molar-refractivity contribution in [1.29, 1.82) is 0 Å². The third-order valence-electron chi connectivity index (χ3n) is 2.77. The Hall–Kier alpha value is -0.790. The molecule has 1 aliphatic carbocycles. The summed E-state index contributed by atoms with van der Waals surface area (Å²) in [5.74, 6) is 2.07. The number of aromatic nitrogens is 2. The predicted molar refractivity (Wildman–Crippen MR) is 47.7 cm³/mol. The standard InChI is InChI=1S/C10H15N2/c1-2-4-9(3-1)5-6-10-11-7-8-12-10/h7,9H,1-6H2,(H,11,12). The minimum atomic E-state index is 0.968. The largest absolute Gasteiger partial charge is 0.341 e. The number of imidazole rings is 1. The van der Waals surface area contributed by atoms with Crippen LogP contribution in [0.25, 0.3) is 0 Å². The van der Waals surface area contributed by atoms with E-state index in [4.69, 9.17) is 0 Å². The van der Waals surface area contributed by atoms with Gasteiger partial charge in [-0.05, 0) is 12.3 Å². The molecule has 0 atom stereocenters. The van der Waals surface area contributed by atoms with E-state index in [-0.39, 0.29) is 0 Å². The van der Waals surface area contributed by atoms with Crippen LogP contribution < -0.4 is 0 Å².